The van der Waals surface area contributed by atoms with E-state index >= 15 is 0 Å². The Bertz CT molecular complexity index is 1100. The number of pyridine rings is 1. The first-order valence-electron chi connectivity index (χ1n) is 13.3. The van der Waals surface area contributed by atoms with Gasteiger partial charge in [-0.3, -0.25) is 9.59 Å². The summed E-state index contributed by atoms with van der Waals surface area (Å²) in [6.45, 7) is 5.76. The summed E-state index contributed by atoms with van der Waals surface area (Å²) in [4.78, 5) is 39.1. The molecule has 6 rings (SSSR count). The Hall–Kier alpha value is -3.29. The molecule has 2 amide bonds. The van der Waals surface area contributed by atoms with Crippen molar-refractivity contribution in [1.82, 2.24) is 14.8 Å². The molecule has 3 atom stereocenters. The second-order valence-electron chi connectivity index (χ2n) is 10.7. The molecule has 1 aromatic carbocycles. The zero-order valence-corrected chi connectivity index (χ0v) is 21.0. The molecule has 0 aliphatic carbocycles. The van der Waals surface area contributed by atoms with Gasteiger partial charge in [0.15, 0.2) is 0 Å². The summed E-state index contributed by atoms with van der Waals surface area (Å²) in [5.41, 5.74) is 1.80. The average Bonchev–Trinajstić information content (AvgIpc) is 2.93. The van der Waals surface area contributed by atoms with Crippen LogP contribution < -0.4 is 14.5 Å². The van der Waals surface area contributed by atoms with E-state index in [4.69, 9.17) is 9.72 Å². The summed E-state index contributed by atoms with van der Waals surface area (Å²) in [5, 5.41) is 0. The first-order chi connectivity index (χ1) is 17.6. The van der Waals surface area contributed by atoms with Crippen molar-refractivity contribution in [2.75, 3.05) is 62.7 Å². The molecular weight excluding hydrogens is 454 g/mol. The lowest BCUT2D eigenvalue weighted by atomic mass is 9.76. The number of hydrogen-bond donors (Lipinski definition) is 0. The lowest BCUT2D eigenvalue weighted by Crippen LogP contribution is -2.60. The standard InChI is InChI=1S/C28H35N5O3/c1-36-24-8-6-23(7-9-24)30-11-13-31(14-12-30)28(35)21-5-10-26(29-16-21)32-17-20-15-22(19-32)25-3-2-4-27(34)33(25)18-20/h5-10,16,20,22,25H,2-4,11-15,17-19H2,1H3/t20?,22?,25-/m1/s1. The Balaban J connectivity index is 1.06. The fourth-order valence-electron chi connectivity index (χ4n) is 6.64. The number of hydrogen-bond acceptors (Lipinski definition) is 6. The Morgan fingerprint density at radius 1 is 0.972 bits per heavy atom. The highest BCUT2D eigenvalue weighted by Crippen LogP contribution is 2.39. The molecule has 8 heteroatoms. The third-order valence-electron chi connectivity index (χ3n) is 8.50. The topological polar surface area (TPSA) is 69.2 Å². The number of anilines is 2. The van der Waals surface area contributed by atoms with E-state index < -0.39 is 0 Å². The van der Waals surface area contributed by atoms with Crippen molar-refractivity contribution < 1.29 is 14.3 Å². The molecule has 5 heterocycles. The molecule has 8 nitrogen and oxygen atoms in total. The zero-order valence-electron chi connectivity index (χ0n) is 21.0. The van der Waals surface area contributed by atoms with Crippen molar-refractivity contribution in [2.24, 2.45) is 11.8 Å². The Morgan fingerprint density at radius 3 is 2.50 bits per heavy atom. The highest BCUT2D eigenvalue weighted by Gasteiger charge is 2.44. The number of rotatable bonds is 4. The number of carbonyl (C=O) groups excluding carboxylic acids is 2. The van der Waals surface area contributed by atoms with Gasteiger partial charge in [0, 0.05) is 70.2 Å². The lowest BCUT2D eigenvalue weighted by molar-refractivity contribution is -0.142. The number of benzene rings is 1. The normalized spacial score (nSPS) is 26.0. The van der Waals surface area contributed by atoms with Crippen LogP contribution in [0.15, 0.2) is 42.6 Å². The molecule has 4 aliphatic heterocycles. The minimum atomic E-state index is 0.0512. The van der Waals surface area contributed by atoms with Gasteiger partial charge < -0.3 is 24.3 Å². The number of carbonyl (C=O) groups is 2. The Kier molecular flexibility index (Phi) is 6.19. The molecule has 1 aromatic heterocycles. The van der Waals surface area contributed by atoms with Gasteiger partial charge >= 0.3 is 0 Å². The number of piperidine rings is 3. The van der Waals surface area contributed by atoms with E-state index in [2.05, 4.69) is 26.8 Å². The van der Waals surface area contributed by atoms with Gasteiger partial charge in [-0.25, -0.2) is 4.98 Å². The first-order valence-corrected chi connectivity index (χ1v) is 13.3. The highest BCUT2D eigenvalue weighted by molar-refractivity contribution is 5.94. The van der Waals surface area contributed by atoms with Crippen LogP contribution in [0, 0.1) is 11.8 Å². The monoisotopic (exact) mass is 489 g/mol. The minimum Gasteiger partial charge on any atom is -0.497 e. The van der Waals surface area contributed by atoms with Gasteiger partial charge in [0.2, 0.25) is 5.91 Å². The molecule has 190 valence electrons. The predicted octanol–water partition coefficient (Wildman–Crippen LogP) is 2.89. The fourth-order valence-corrected chi connectivity index (χ4v) is 6.64. The van der Waals surface area contributed by atoms with E-state index in [-0.39, 0.29) is 5.91 Å². The fraction of sp³-hybridized carbons (Fsp3) is 0.536. The quantitative estimate of drug-likeness (QED) is 0.658. The Morgan fingerprint density at radius 2 is 1.78 bits per heavy atom. The molecule has 0 saturated carbocycles. The van der Waals surface area contributed by atoms with E-state index in [1.807, 2.05) is 29.2 Å². The minimum absolute atomic E-state index is 0.0512. The van der Waals surface area contributed by atoms with Crippen LogP contribution in [-0.4, -0.2) is 85.6 Å². The number of methoxy groups -OCH3 is 1. The van der Waals surface area contributed by atoms with Crippen molar-refractivity contribution in [1.29, 1.82) is 0 Å². The van der Waals surface area contributed by atoms with Gasteiger partial charge in [-0.15, -0.1) is 0 Å². The molecule has 0 radical (unpaired) electrons. The van der Waals surface area contributed by atoms with Crippen LogP contribution in [0.5, 0.6) is 5.75 Å². The first kappa shape index (κ1) is 23.1. The van der Waals surface area contributed by atoms with Crippen LogP contribution in [-0.2, 0) is 4.79 Å². The molecule has 0 N–H and O–H groups in total. The molecule has 2 bridgehead atoms. The zero-order chi connectivity index (χ0) is 24.6. The number of ether oxygens (including phenoxy) is 1. The van der Waals surface area contributed by atoms with Gasteiger partial charge in [0.05, 0.1) is 12.7 Å². The summed E-state index contributed by atoms with van der Waals surface area (Å²) in [6, 6.07) is 12.4. The molecule has 2 aromatic rings. The second kappa shape index (κ2) is 9.64. The van der Waals surface area contributed by atoms with E-state index in [1.165, 1.54) is 6.42 Å². The van der Waals surface area contributed by atoms with E-state index in [1.54, 1.807) is 13.3 Å². The maximum Gasteiger partial charge on any atom is 0.255 e. The summed E-state index contributed by atoms with van der Waals surface area (Å²) < 4.78 is 5.25. The van der Waals surface area contributed by atoms with Crippen molar-refractivity contribution >= 4 is 23.3 Å². The van der Waals surface area contributed by atoms with Crippen molar-refractivity contribution in [3.63, 3.8) is 0 Å². The molecule has 4 saturated heterocycles. The molecule has 36 heavy (non-hydrogen) atoms. The highest BCUT2D eigenvalue weighted by atomic mass is 16.5. The smallest absolute Gasteiger partial charge is 0.255 e. The predicted molar refractivity (Wildman–Crippen MR) is 139 cm³/mol. The van der Waals surface area contributed by atoms with Crippen molar-refractivity contribution in [3.8, 4) is 5.75 Å². The van der Waals surface area contributed by atoms with Gasteiger partial charge in [0.25, 0.3) is 5.91 Å². The van der Waals surface area contributed by atoms with Crippen molar-refractivity contribution in [3.05, 3.63) is 48.2 Å². The van der Waals surface area contributed by atoms with Crippen LogP contribution in [0.4, 0.5) is 11.5 Å². The number of piperazine rings is 1. The van der Waals surface area contributed by atoms with E-state index in [0.29, 0.717) is 48.9 Å². The van der Waals surface area contributed by atoms with Gasteiger partial charge in [-0.1, -0.05) is 0 Å². The lowest BCUT2D eigenvalue weighted by Gasteiger charge is -2.52. The molecule has 0 spiro atoms. The second-order valence-corrected chi connectivity index (χ2v) is 10.7. The molecular formula is C28H35N5O3. The molecule has 4 fully saturated rings. The maximum absolute atomic E-state index is 13.2. The van der Waals surface area contributed by atoms with E-state index in [9.17, 15) is 9.59 Å². The van der Waals surface area contributed by atoms with Crippen LogP contribution >= 0.6 is 0 Å². The molecule has 2 unspecified atom stereocenters. The largest absolute Gasteiger partial charge is 0.497 e. The summed E-state index contributed by atoms with van der Waals surface area (Å²) in [6.07, 6.45) is 5.82. The number of fused-ring (bicyclic) bond motifs is 4. The van der Waals surface area contributed by atoms with Crippen LogP contribution in [0.1, 0.15) is 36.0 Å². The van der Waals surface area contributed by atoms with Gasteiger partial charge in [0.1, 0.15) is 11.6 Å². The Labute approximate surface area is 212 Å². The number of aromatic nitrogens is 1. The van der Waals surface area contributed by atoms with Crippen LogP contribution in [0.25, 0.3) is 0 Å². The van der Waals surface area contributed by atoms with E-state index in [0.717, 1.165) is 62.8 Å². The summed E-state index contributed by atoms with van der Waals surface area (Å²) >= 11 is 0. The third kappa shape index (κ3) is 4.38. The summed E-state index contributed by atoms with van der Waals surface area (Å²) in [7, 11) is 1.67. The van der Waals surface area contributed by atoms with Crippen LogP contribution in [0.2, 0.25) is 0 Å². The maximum atomic E-state index is 13.2. The molecule has 4 aliphatic rings. The van der Waals surface area contributed by atoms with Crippen molar-refractivity contribution in [2.45, 2.75) is 31.7 Å². The summed E-state index contributed by atoms with van der Waals surface area (Å²) in [5.74, 6) is 3.22. The third-order valence-corrected chi connectivity index (χ3v) is 8.50. The van der Waals surface area contributed by atoms with Crippen LogP contribution in [0.3, 0.4) is 0 Å². The SMILES string of the molecule is COc1ccc(N2CCN(C(=O)c3ccc(N4CC5CC(C4)[C@H]4CCCC(=O)N4C5)nc3)CC2)cc1. The average molecular weight is 490 g/mol. The number of nitrogens with zero attached hydrogens (tertiary/aromatic N) is 5. The van der Waals surface area contributed by atoms with Gasteiger partial charge in [-0.05, 0) is 67.5 Å². The van der Waals surface area contributed by atoms with Gasteiger partial charge in [-0.2, -0.15) is 0 Å². The number of amides is 2.